The molecule has 3 aromatic rings. The zero-order valence-electron chi connectivity index (χ0n) is 15.7. The molecule has 26 heavy (non-hydrogen) atoms. The van der Waals surface area contributed by atoms with Gasteiger partial charge < -0.3 is 4.74 Å². The fourth-order valence-electron chi connectivity index (χ4n) is 2.59. The Hall–Kier alpha value is -2.33. The fraction of sp³-hybridized carbons (Fsp3) is 0.273. The molecule has 0 bridgehead atoms. The van der Waals surface area contributed by atoms with Crippen LogP contribution in [0.4, 0.5) is 0 Å². The highest BCUT2D eigenvalue weighted by atomic mass is 32.2. The molecule has 4 heteroatoms. The molecule has 0 aliphatic rings. The van der Waals surface area contributed by atoms with Crippen LogP contribution in [0.1, 0.15) is 42.1 Å². The Morgan fingerprint density at radius 1 is 0.962 bits per heavy atom. The van der Waals surface area contributed by atoms with E-state index in [2.05, 4.69) is 67.1 Å². The molecular formula is C22H24N2OS. The zero-order valence-corrected chi connectivity index (χ0v) is 16.5. The molecule has 1 heterocycles. The van der Waals surface area contributed by atoms with Crippen molar-refractivity contribution in [2.45, 2.75) is 44.5 Å². The number of nitrogens with zero attached hydrogens (tertiary/aromatic N) is 2. The third-order valence-electron chi connectivity index (χ3n) is 4.20. The van der Waals surface area contributed by atoms with E-state index in [9.17, 15) is 0 Å². The van der Waals surface area contributed by atoms with Crippen LogP contribution in [-0.2, 0) is 5.75 Å². The van der Waals surface area contributed by atoms with Crippen LogP contribution in [0.5, 0.6) is 11.6 Å². The summed E-state index contributed by atoms with van der Waals surface area (Å²) >= 11 is 1.63. The van der Waals surface area contributed by atoms with Gasteiger partial charge in [0.2, 0.25) is 5.88 Å². The summed E-state index contributed by atoms with van der Waals surface area (Å²) in [7, 11) is 0. The number of thioether (sulfide) groups is 1. The smallest absolute Gasteiger partial charge is 0.223 e. The van der Waals surface area contributed by atoms with Crippen molar-refractivity contribution >= 4 is 11.8 Å². The molecule has 0 amide bonds. The normalized spacial score (nSPS) is 11.0. The molecule has 0 aliphatic carbocycles. The highest BCUT2D eigenvalue weighted by Gasteiger charge is 2.07. The minimum absolute atomic E-state index is 0.509. The van der Waals surface area contributed by atoms with E-state index in [1.807, 2.05) is 25.1 Å². The summed E-state index contributed by atoms with van der Waals surface area (Å²) in [6.45, 7) is 8.46. The van der Waals surface area contributed by atoms with Gasteiger partial charge in [-0.15, -0.1) is 0 Å². The largest absolute Gasteiger partial charge is 0.439 e. The molecule has 0 saturated carbocycles. The van der Waals surface area contributed by atoms with E-state index in [-0.39, 0.29) is 0 Å². The number of aryl methyl sites for hydroxylation is 2. The lowest BCUT2D eigenvalue weighted by Crippen LogP contribution is -1.96. The van der Waals surface area contributed by atoms with Gasteiger partial charge in [0.05, 0.1) is 0 Å². The summed E-state index contributed by atoms with van der Waals surface area (Å²) in [5.74, 6) is 2.73. The van der Waals surface area contributed by atoms with Gasteiger partial charge in [-0.25, -0.2) is 4.98 Å². The first-order chi connectivity index (χ1) is 12.5. The minimum atomic E-state index is 0.509. The lowest BCUT2D eigenvalue weighted by Gasteiger charge is -2.10. The summed E-state index contributed by atoms with van der Waals surface area (Å²) in [5.41, 5.74) is 4.79. The van der Waals surface area contributed by atoms with Gasteiger partial charge in [0, 0.05) is 17.5 Å². The molecule has 0 N–H and O–H groups in total. The van der Waals surface area contributed by atoms with Crippen LogP contribution in [0.3, 0.4) is 0 Å². The Balaban J connectivity index is 1.72. The first kappa shape index (κ1) is 18.5. The molecule has 0 spiro atoms. The summed E-state index contributed by atoms with van der Waals surface area (Å²) in [6, 6.07) is 18.4. The molecule has 134 valence electrons. The second kappa shape index (κ2) is 8.37. The quantitative estimate of drug-likeness (QED) is 0.380. The molecule has 0 atom stereocenters. The lowest BCUT2D eigenvalue weighted by molar-refractivity contribution is 0.454. The lowest BCUT2D eigenvalue weighted by atomic mass is 10.0. The minimum Gasteiger partial charge on any atom is -0.439 e. The predicted molar refractivity (Wildman–Crippen MR) is 108 cm³/mol. The van der Waals surface area contributed by atoms with E-state index in [1.54, 1.807) is 11.8 Å². The van der Waals surface area contributed by atoms with Gasteiger partial charge in [0.1, 0.15) is 5.75 Å². The third-order valence-corrected chi connectivity index (χ3v) is 5.09. The van der Waals surface area contributed by atoms with Gasteiger partial charge in [0.25, 0.3) is 0 Å². The second-order valence-electron chi connectivity index (χ2n) is 6.67. The first-order valence-electron chi connectivity index (χ1n) is 8.82. The number of hydrogen-bond acceptors (Lipinski definition) is 4. The van der Waals surface area contributed by atoms with Crippen molar-refractivity contribution in [2.75, 3.05) is 0 Å². The second-order valence-corrected chi connectivity index (χ2v) is 7.61. The average molecular weight is 365 g/mol. The number of benzene rings is 2. The van der Waals surface area contributed by atoms with E-state index in [0.717, 1.165) is 22.4 Å². The Morgan fingerprint density at radius 2 is 1.69 bits per heavy atom. The topological polar surface area (TPSA) is 35.0 Å². The molecule has 3 rings (SSSR count). The molecule has 0 radical (unpaired) electrons. The van der Waals surface area contributed by atoms with Crippen LogP contribution in [0, 0.1) is 13.8 Å². The van der Waals surface area contributed by atoms with Crippen molar-refractivity contribution < 1.29 is 4.74 Å². The van der Waals surface area contributed by atoms with Crippen LogP contribution < -0.4 is 4.74 Å². The SMILES string of the molecule is Cc1cc(Oc2ccc(C(C)C)cc2)nc(SCc2ccccc2C)n1. The highest BCUT2D eigenvalue weighted by molar-refractivity contribution is 7.98. The van der Waals surface area contributed by atoms with Crippen molar-refractivity contribution in [1.29, 1.82) is 0 Å². The highest BCUT2D eigenvalue weighted by Crippen LogP contribution is 2.27. The summed E-state index contributed by atoms with van der Waals surface area (Å²) in [6.07, 6.45) is 0. The van der Waals surface area contributed by atoms with Crippen molar-refractivity contribution in [3.63, 3.8) is 0 Å². The van der Waals surface area contributed by atoms with Crippen LogP contribution in [0.15, 0.2) is 59.8 Å². The molecule has 3 nitrogen and oxygen atoms in total. The van der Waals surface area contributed by atoms with Gasteiger partial charge in [-0.1, -0.05) is 62.0 Å². The number of hydrogen-bond donors (Lipinski definition) is 0. The van der Waals surface area contributed by atoms with Gasteiger partial charge in [0.15, 0.2) is 5.16 Å². The number of aromatic nitrogens is 2. The maximum absolute atomic E-state index is 5.95. The molecule has 0 aliphatic heterocycles. The summed E-state index contributed by atoms with van der Waals surface area (Å²) < 4.78 is 5.95. The van der Waals surface area contributed by atoms with Crippen molar-refractivity contribution in [2.24, 2.45) is 0 Å². The maximum Gasteiger partial charge on any atom is 0.223 e. The molecule has 1 aromatic heterocycles. The molecular weight excluding hydrogens is 340 g/mol. The Morgan fingerprint density at radius 3 is 2.38 bits per heavy atom. The fourth-order valence-corrected chi connectivity index (χ4v) is 3.56. The molecule has 2 aromatic carbocycles. The Bertz CT molecular complexity index is 876. The van der Waals surface area contributed by atoms with Crippen molar-refractivity contribution in [3.05, 3.63) is 77.0 Å². The van der Waals surface area contributed by atoms with E-state index in [1.165, 1.54) is 16.7 Å². The molecule has 0 unspecified atom stereocenters. The van der Waals surface area contributed by atoms with Crippen LogP contribution in [-0.4, -0.2) is 9.97 Å². The van der Waals surface area contributed by atoms with Crippen LogP contribution in [0.25, 0.3) is 0 Å². The first-order valence-corrected chi connectivity index (χ1v) is 9.80. The van der Waals surface area contributed by atoms with Gasteiger partial charge in [-0.2, -0.15) is 4.98 Å². The van der Waals surface area contributed by atoms with E-state index >= 15 is 0 Å². The van der Waals surface area contributed by atoms with E-state index in [4.69, 9.17) is 4.74 Å². The van der Waals surface area contributed by atoms with Crippen molar-refractivity contribution in [3.8, 4) is 11.6 Å². The standard InChI is InChI=1S/C22H24N2OS/c1-15(2)18-9-11-20(12-10-18)25-21-13-17(4)23-22(24-21)26-14-19-8-6-5-7-16(19)3/h5-13,15H,14H2,1-4H3. The van der Waals surface area contributed by atoms with Gasteiger partial charge in [-0.05, 0) is 48.6 Å². The Kier molecular flexibility index (Phi) is 5.94. The van der Waals surface area contributed by atoms with Crippen LogP contribution >= 0.6 is 11.8 Å². The Labute approximate surface area is 159 Å². The predicted octanol–water partition coefficient (Wildman–Crippen LogP) is 6.30. The number of ether oxygens (including phenoxy) is 1. The molecule has 0 fully saturated rings. The van der Waals surface area contributed by atoms with E-state index < -0.39 is 0 Å². The molecule has 0 saturated heterocycles. The number of rotatable bonds is 6. The monoisotopic (exact) mass is 364 g/mol. The summed E-state index contributed by atoms with van der Waals surface area (Å²) in [4.78, 5) is 9.09. The van der Waals surface area contributed by atoms with Crippen molar-refractivity contribution in [1.82, 2.24) is 9.97 Å². The zero-order chi connectivity index (χ0) is 18.5. The third kappa shape index (κ3) is 4.85. The van der Waals surface area contributed by atoms with Gasteiger partial charge >= 0.3 is 0 Å². The summed E-state index contributed by atoms with van der Waals surface area (Å²) in [5, 5.41) is 0.738. The van der Waals surface area contributed by atoms with Crippen LogP contribution in [0.2, 0.25) is 0 Å². The average Bonchev–Trinajstić information content (AvgIpc) is 2.61. The van der Waals surface area contributed by atoms with Gasteiger partial charge in [-0.3, -0.25) is 0 Å². The van der Waals surface area contributed by atoms with E-state index in [0.29, 0.717) is 11.8 Å². The maximum atomic E-state index is 5.95.